The van der Waals surface area contributed by atoms with Gasteiger partial charge in [-0.05, 0) is 19.6 Å². The van der Waals surface area contributed by atoms with Crippen molar-refractivity contribution in [1.82, 2.24) is 0 Å². The van der Waals surface area contributed by atoms with Gasteiger partial charge in [-0.3, -0.25) is 4.79 Å². The van der Waals surface area contributed by atoms with Crippen molar-refractivity contribution in [3.05, 3.63) is 0 Å². The van der Waals surface area contributed by atoms with Crippen molar-refractivity contribution in [2.45, 2.75) is 26.1 Å². The van der Waals surface area contributed by atoms with Crippen LogP contribution in [-0.4, -0.2) is 19.6 Å². The highest BCUT2D eigenvalue weighted by atomic mass is 79.9. The van der Waals surface area contributed by atoms with Crippen LogP contribution in [0.15, 0.2) is 0 Å². The van der Waals surface area contributed by atoms with Gasteiger partial charge in [0.25, 0.3) is 5.97 Å². The summed E-state index contributed by atoms with van der Waals surface area (Å²) in [5.41, 5.74) is 0. The second-order valence-electron chi connectivity index (χ2n) is 3.03. The van der Waals surface area contributed by atoms with Gasteiger partial charge in [0, 0.05) is 5.33 Å². The van der Waals surface area contributed by atoms with Crippen molar-refractivity contribution in [2.75, 3.05) is 5.33 Å². The van der Waals surface area contributed by atoms with Crippen molar-refractivity contribution >= 4 is 30.2 Å². The number of carbonyl (C=O) groups excluding carboxylic acids is 1. The van der Waals surface area contributed by atoms with Gasteiger partial charge in [0.05, 0.1) is 6.42 Å². The number of carbonyl (C=O) groups is 1. The van der Waals surface area contributed by atoms with Crippen LogP contribution in [0.1, 0.15) is 6.42 Å². The van der Waals surface area contributed by atoms with Crippen LogP contribution in [0, 0.1) is 0 Å². The van der Waals surface area contributed by atoms with Crippen LogP contribution in [-0.2, 0) is 9.22 Å². The van der Waals surface area contributed by atoms with Crippen LogP contribution in [0.3, 0.4) is 0 Å². The molecule has 2 nitrogen and oxygen atoms in total. The fourth-order valence-electron chi connectivity index (χ4n) is 0.470. The maximum atomic E-state index is 10.8. The van der Waals surface area contributed by atoms with Crippen LogP contribution < -0.4 is 0 Å². The highest BCUT2D eigenvalue weighted by molar-refractivity contribution is 9.09. The molecule has 0 bridgehead atoms. The maximum absolute atomic E-state index is 10.8. The Morgan fingerprint density at radius 1 is 1.50 bits per heavy atom. The van der Waals surface area contributed by atoms with E-state index in [0.29, 0.717) is 11.8 Å². The molecule has 0 fully saturated rings. The first-order chi connectivity index (χ1) is 4.45. The summed E-state index contributed by atoms with van der Waals surface area (Å²) >= 11 is 3.17. The molecule has 0 radical (unpaired) electrons. The van der Waals surface area contributed by atoms with Crippen molar-refractivity contribution in [2.24, 2.45) is 0 Å². The Morgan fingerprint density at radius 2 is 2.00 bits per heavy atom. The molecule has 0 rings (SSSR count). The Kier molecular flexibility index (Phi) is 4.20. The minimum Gasteiger partial charge on any atom is -0.520 e. The molecule has 0 spiro atoms. The molecule has 0 heterocycles. The maximum Gasteiger partial charge on any atom is 0.293 e. The van der Waals surface area contributed by atoms with E-state index in [4.69, 9.17) is 4.43 Å². The molecule has 0 N–H and O–H groups in total. The van der Waals surface area contributed by atoms with Crippen molar-refractivity contribution in [3.63, 3.8) is 0 Å². The molecule has 0 aromatic rings. The van der Waals surface area contributed by atoms with E-state index in [2.05, 4.69) is 15.9 Å². The summed E-state index contributed by atoms with van der Waals surface area (Å²) in [5, 5.41) is 0.691. The average molecular weight is 225 g/mol. The first-order valence-corrected chi connectivity index (χ1v) is 7.76. The quantitative estimate of drug-likeness (QED) is 0.543. The molecule has 0 amide bonds. The second kappa shape index (κ2) is 4.13. The van der Waals surface area contributed by atoms with E-state index in [1.54, 1.807) is 0 Å². The lowest BCUT2D eigenvalue weighted by Crippen LogP contribution is -2.29. The van der Waals surface area contributed by atoms with E-state index < -0.39 is 8.32 Å². The van der Waals surface area contributed by atoms with E-state index in [1.165, 1.54) is 0 Å². The summed E-state index contributed by atoms with van der Waals surface area (Å²) < 4.78 is 5.15. The predicted molar refractivity (Wildman–Crippen MR) is 47.8 cm³/mol. The van der Waals surface area contributed by atoms with Gasteiger partial charge in [0.2, 0.25) is 8.32 Å². The molecular formula is C6H13BrO2Si. The number of rotatable bonds is 3. The minimum absolute atomic E-state index is 0.0870. The molecule has 0 aliphatic rings. The Bertz CT molecular complexity index is 119. The molecule has 0 saturated heterocycles. The van der Waals surface area contributed by atoms with Crippen LogP contribution in [0.25, 0.3) is 0 Å². The molecule has 0 aliphatic heterocycles. The summed E-state index contributed by atoms with van der Waals surface area (Å²) in [6, 6.07) is 0. The topological polar surface area (TPSA) is 26.3 Å². The Labute approximate surface area is 71.2 Å². The fourth-order valence-corrected chi connectivity index (χ4v) is 1.58. The van der Waals surface area contributed by atoms with Crippen molar-refractivity contribution in [3.8, 4) is 0 Å². The molecule has 60 valence electrons. The fraction of sp³-hybridized carbons (Fsp3) is 0.833. The van der Waals surface area contributed by atoms with Gasteiger partial charge in [0.15, 0.2) is 0 Å². The lowest BCUT2D eigenvalue weighted by atomic mass is 10.5. The SMILES string of the molecule is C[Si](C)(C)OC(=O)CCBr. The Balaban J connectivity index is 3.58. The molecular weight excluding hydrogens is 212 g/mol. The van der Waals surface area contributed by atoms with Gasteiger partial charge in [0.1, 0.15) is 0 Å². The lowest BCUT2D eigenvalue weighted by molar-refractivity contribution is -0.134. The highest BCUT2D eigenvalue weighted by Gasteiger charge is 2.18. The van der Waals surface area contributed by atoms with Gasteiger partial charge in [-0.2, -0.15) is 0 Å². The minimum atomic E-state index is -1.63. The molecule has 0 aliphatic carbocycles. The summed E-state index contributed by atoms with van der Waals surface area (Å²) in [5.74, 6) is -0.0870. The number of hydrogen-bond acceptors (Lipinski definition) is 2. The third-order valence-corrected chi connectivity index (χ3v) is 1.96. The molecule has 0 aromatic carbocycles. The summed E-state index contributed by atoms with van der Waals surface area (Å²) in [6.45, 7) is 6.00. The van der Waals surface area contributed by atoms with E-state index in [-0.39, 0.29) is 5.97 Å². The highest BCUT2D eigenvalue weighted by Crippen LogP contribution is 2.04. The standard InChI is InChI=1S/C6H13BrO2Si/c1-10(2,3)9-6(8)4-5-7/h4-5H2,1-3H3. The molecule has 0 atom stereocenters. The zero-order valence-corrected chi connectivity index (χ0v) is 9.19. The molecule has 4 heteroatoms. The molecule has 10 heavy (non-hydrogen) atoms. The van der Waals surface area contributed by atoms with E-state index >= 15 is 0 Å². The lowest BCUT2D eigenvalue weighted by Gasteiger charge is -2.16. The summed E-state index contributed by atoms with van der Waals surface area (Å²) in [4.78, 5) is 10.8. The monoisotopic (exact) mass is 224 g/mol. The Morgan fingerprint density at radius 3 is 2.30 bits per heavy atom. The number of hydrogen-bond donors (Lipinski definition) is 0. The predicted octanol–water partition coefficient (Wildman–Crippen LogP) is 2.15. The smallest absolute Gasteiger partial charge is 0.293 e. The van der Waals surface area contributed by atoms with E-state index in [0.717, 1.165) is 0 Å². The van der Waals surface area contributed by atoms with Gasteiger partial charge in [-0.1, -0.05) is 15.9 Å². The number of alkyl halides is 1. The van der Waals surface area contributed by atoms with Gasteiger partial charge in [-0.15, -0.1) is 0 Å². The molecule has 0 saturated carbocycles. The first kappa shape index (κ1) is 10.2. The molecule has 0 aromatic heterocycles. The second-order valence-corrected chi connectivity index (χ2v) is 8.25. The zero-order valence-electron chi connectivity index (χ0n) is 6.61. The van der Waals surface area contributed by atoms with Gasteiger partial charge < -0.3 is 4.43 Å². The first-order valence-electron chi connectivity index (χ1n) is 3.23. The van der Waals surface area contributed by atoms with Crippen LogP contribution >= 0.6 is 15.9 Å². The normalized spacial score (nSPS) is 11.2. The zero-order chi connectivity index (χ0) is 8.20. The van der Waals surface area contributed by atoms with Crippen LogP contribution in [0.4, 0.5) is 0 Å². The van der Waals surface area contributed by atoms with Crippen LogP contribution in [0.5, 0.6) is 0 Å². The van der Waals surface area contributed by atoms with Crippen molar-refractivity contribution in [1.29, 1.82) is 0 Å². The third-order valence-electron chi connectivity index (χ3n) is 0.719. The van der Waals surface area contributed by atoms with Crippen molar-refractivity contribution < 1.29 is 9.22 Å². The Hall–Kier alpha value is 0.167. The van der Waals surface area contributed by atoms with Gasteiger partial charge >= 0.3 is 0 Å². The summed E-state index contributed by atoms with van der Waals surface area (Å²) in [6.07, 6.45) is 0.476. The van der Waals surface area contributed by atoms with E-state index in [1.807, 2.05) is 19.6 Å². The van der Waals surface area contributed by atoms with E-state index in [9.17, 15) is 4.79 Å². The third kappa shape index (κ3) is 6.29. The van der Waals surface area contributed by atoms with Crippen LogP contribution in [0.2, 0.25) is 19.6 Å². The summed E-state index contributed by atoms with van der Waals surface area (Å²) in [7, 11) is -1.63. The largest absolute Gasteiger partial charge is 0.520 e. The average Bonchev–Trinajstić information content (AvgIpc) is 1.59. The molecule has 0 unspecified atom stereocenters. The number of halogens is 1. The van der Waals surface area contributed by atoms with Gasteiger partial charge in [-0.25, -0.2) is 0 Å².